The smallest absolute Gasteiger partial charge is 0.320 e. The molecule has 1 aromatic rings. The number of hydrogen-bond acceptors (Lipinski definition) is 3. The first kappa shape index (κ1) is 9.98. The summed E-state index contributed by atoms with van der Waals surface area (Å²) in [4.78, 5) is 10.7. The molecule has 2 unspecified atom stereocenters. The molecule has 1 heterocycles. The van der Waals surface area contributed by atoms with Crippen LogP contribution in [0.4, 0.5) is 0 Å². The molecule has 0 amide bonds. The van der Waals surface area contributed by atoms with Crippen molar-refractivity contribution in [1.82, 2.24) is 5.32 Å². The number of fused-ring (bicyclic) bond motifs is 1. The molecule has 0 aliphatic carbocycles. The fourth-order valence-electron chi connectivity index (χ4n) is 1.67. The van der Waals surface area contributed by atoms with Gasteiger partial charge in [0.15, 0.2) is 0 Å². The lowest BCUT2D eigenvalue weighted by molar-refractivity contribution is -0.139. The van der Waals surface area contributed by atoms with Crippen LogP contribution >= 0.6 is 0 Å². The van der Waals surface area contributed by atoms with Gasteiger partial charge in [-0.1, -0.05) is 18.2 Å². The lowest BCUT2D eigenvalue weighted by Gasteiger charge is -2.14. The summed E-state index contributed by atoms with van der Waals surface area (Å²) in [6, 6.07) is 7.09. The predicted molar refractivity (Wildman–Crippen MR) is 54.9 cm³/mol. The van der Waals surface area contributed by atoms with Gasteiger partial charge in [-0.3, -0.25) is 10.1 Å². The minimum absolute atomic E-state index is 0.0210. The van der Waals surface area contributed by atoms with E-state index in [2.05, 4.69) is 5.32 Å². The van der Waals surface area contributed by atoms with Crippen molar-refractivity contribution in [2.45, 2.75) is 19.0 Å². The number of hydrogen-bond donors (Lipinski definition) is 2. The molecule has 0 aromatic heterocycles. The SMILES string of the molecule is CC(NC1COc2ccccc21)C(=O)O. The quantitative estimate of drug-likeness (QED) is 0.781. The maximum Gasteiger partial charge on any atom is 0.320 e. The number of para-hydroxylation sites is 1. The van der Waals surface area contributed by atoms with Gasteiger partial charge in [0.05, 0.1) is 6.04 Å². The molecule has 0 radical (unpaired) electrons. The van der Waals surface area contributed by atoms with Crippen molar-refractivity contribution in [2.75, 3.05) is 6.61 Å². The van der Waals surface area contributed by atoms with Crippen LogP contribution in [0.5, 0.6) is 5.75 Å². The number of carboxylic acid groups (broad SMARTS) is 1. The zero-order valence-corrected chi connectivity index (χ0v) is 8.43. The van der Waals surface area contributed by atoms with Crippen molar-refractivity contribution in [1.29, 1.82) is 0 Å². The van der Waals surface area contributed by atoms with Gasteiger partial charge in [-0.15, -0.1) is 0 Å². The van der Waals surface area contributed by atoms with E-state index in [0.717, 1.165) is 11.3 Å². The van der Waals surface area contributed by atoms with E-state index in [9.17, 15) is 4.79 Å². The molecule has 1 aliphatic rings. The second-order valence-electron chi connectivity index (χ2n) is 3.63. The topological polar surface area (TPSA) is 58.6 Å². The van der Waals surface area contributed by atoms with Crippen molar-refractivity contribution in [3.63, 3.8) is 0 Å². The van der Waals surface area contributed by atoms with E-state index >= 15 is 0 Å². The molecular weight excluding hydrogens is 194 g/mol. The van der Waals surface area contributed by atoms with Gasteiger partial charge >= 0.3 is 5.97 Å². The summed E-state index contributed by atoms with van der Waals surface area (Å²) >= 11 is 0. The summed E-state index contributed by atoms with van der Waals surface area (Å²) in [5.74, 6) is -0.00744. The van der Waals surface area contributed by atoms with Gasteiger partial charge in [-0.2, -0.15) is 0 Å². The normalized spacial score (nSPS) is 20.5. The van der Waals surface area contributed by atoms with Crippen LogP contribution < -0.4 is 10.1 Å². The maximum absolute atomic E-state index is 10.7. The third-order valence-corrected chi connectivity index (χ3v) is 2.52. The third kappa shape index (κ3) is 1.94. The molecule has 15 heavy (non-hydrogen) atoms. The summed E-state index contributed by atoms with van der Waals surface area (Å²) in [7, 11) is 0. The third-order valence-electron chi connectivity index (χ3n) is 2.52. The summed E-state index contributed by atoms with van der Waals surface area (Å²) in [6.07, 6.45) is 0. The van der Waals surface area contributed by atoms with E-state index in [1.807, 2.05) is 24.3 Å². The Hall–Kier alpha value is -1.55. The minimum Gasteiger partial charge on any atom is -0.491 e. The van der Waals surface area contributed by atoms with Crippen LogP contribution in [0.15, 0.2) is 24.3 Å². The highest BCUT2D eigenvalue weighted by Crippen LogP contribution is 2.31. The molecule has 0 bridgehead atoms. The summed E-state index contributed by atoms with van der Waals surface area (Å²) in [5.41, 5.74) is 1.03. The second kappa shape index (κ2) is 3.90. The average molecular weight is 207 g/mol. The maximum atomic E-state index is 10.7. The zero-order valence-electron chi connectivity index (χ0n) is 8.43. The second-order valence-corrected chi connectivity index (χ2v) is 3.63. The highest BCUT2D eigenvalue weighted by atomic mass is 16.5. The van der Waals surface area contributed by atoms with Crippen LogP contribution in [-0.2, 0) is 4.79 Å². The van der Waals surface area contributed by atoms with Crippen molar-refractivity contribution in [2.24, 2.45) is 0 Å². The number of nitrogens with one attached hydrogen (secondary N) is 1. The Labute approximate surface area is 87.9 Å². The number of ether oxygens (including phenoxy) is 1. The van der Waals surface area contributed by atoms with Crippen molar-refractivity contribution in [3.8, 4) is 5.75 Å². The van der Waals surface area contributed by atoms with Gasteiger partial charge in [0.25, 0.3) is 0 Å². The van der Waals surface area contributed by atoms with Gasteiger partial charge < -0.3 is 9.84 Å². The number of carbonyl (C=O) groups is 1. The first-order valence-electron chi connectivity index (χ1n) is 4.89. The first-order valence-corrected chi connectivity index (χ1v) is 4.89. The fourth-order valence-corrected chi connectivity index (χ4v) is 1.67. The molecule has 80 valence electrons. The largest absolute Gasteiger partial charge is 0.491 e. The Balaban J connectivity index is 2.11. The molecule has 1 aromatic carbocycles. The van der Waals surface area contributed by atoms with Gasteiger partial charge in [0.2, 0.25) is 0 Å². The van der Waals surface area contributed by atoms with Gasteiger partial charge in [-0.05, 0) is 13.0 Å². The number of aliphatic carboxylic acids is 1. The van der Waals surface area contributed by atoms with E-state index in [-0.39, 0.29) is 6.04 Å². The summed E-state index contributed by atoms with van der Waals surface area (Å²) in [6.45, 7) is 2.13. The molecular formula is C11H13NO3. The van der Waals surface area contributed by atoms with Crippen molar-refractivity contribution < 1.29 is 14.6 Å². The Morgan fingerprint density at radius 3 is 3.07 bits per heavy atom. The zero-order chi connectivity index (χ0) is 10.8. The predicted octanol–water partition coefficient (Wildman–Crippen LogP) is 1.18. The molecule has 4 heteroatoms. The molecule has 0 saturated heterocycles. The van der Waals surface area contributed by atoms with Gasteiger partial charge in [0.1, 0.15) is 18.4 Å². The Bertz CT molecular complexity index is 378. The Kier molecular flexibility index (Phi) is 2.60. The average Bonchev–Trinajstić information content (AvgIpc) is 2.62. The van der Waals surface area contributed by atoms with E-state index < -0.39 is 12.0 Å². The van der Waals surface area contributed by atoms with E-state index in [1.54, 1.807) is 6.92 Å². The van der Waals surface area contributed by atoms with Crippen LogP contribution in [0.2, 0.25) is 0 Å². The van der Waals surface area contributed by atoms with Gasteiger partial charge in [0, 0.05) is 5.56 Å². The van der Waals surface area contributed by atoms with Crippen molar-refractivity contribution in [3.05, 3.63) is 29.8 Å². The molecule has 1 aliphatic heterocycles. The Morgan fingerprint density at radius 2 is 2.33 bits per heavy atom. The fraction of sp³-hybridized carbons (Fsp3) is 0.364. The Morgan fingerprint density at radius 1 is 1.60 bits per heavy atom. The summed E-state index contributed by atoms with van der Waals surface area (Å²) < 4.78 is 5.44. The van der Waals surface area contributed by atoms with E-state index in [0.29, 0.717) is 6.61 Å². The van der Waals surface area contributed by atoms with Crippen LogP contribution in [0.3, 0.4) is 0 Å². The molecule has 2 rings (SSSR count). The lowest BCUT2D eigenvalue weighted by Crippen LogP contribution is -2.37. The highest BCUT2D eigenvalue weighted by molar-refractivity contribution is 5.73. The molecule has 0 fully saturated rings. The number of rotatable bonds is 3. The van der Waals surface area contributed by atoms with Crippen LogP contribution in [0, 0.1) is 0 Å². The number of benzene rings is 1. The molecule has 2 N–H and O–H groups in total. The molecule has 0 saturated carbocycles. The minimum atomic E-state index is -0.848. The number of carboxylic acids is 1. The molecule has 0 spiro atoms. The van der Waals surface area contributed by atoms with Crippen molar-refractivity contribution >= 4 is 5.97 Å². The van der Waals surface area contributed by atoms with E-state index in [4.69, 9.17) is 9.84 Å². The van der Waals surface area contributed by atoms with Crippen LogP contribution in [0.1, 0.15) is 18.5 Å². The van der Waals surface area contributed by atoms with Gasteiger partial charge in [-0.25, -0.2) is 0 Å². The van der Waals surface area contributed by atoms with Crippen LogP contribution in [0.25, 0.3) is 0 Å². The van der Waals surface area contributed by atoms with E-state index in [1.165, 1.54) is 0 Å². The first-order chi connectivity index (χ1) is 7.18. The molecule has 4 nitrogen and oxygen atoms in total. The lowest BCUT2D eigenvalue weighted by atomic mass is 10.1. The highest BCUT2D eigenvalue weighted by Gasteiger charge is 2.26. The standard InChI is InChI=1S/C11H13NO3/c1-7(11(13)14)12-9-6-15-10-5-3-2-4-8(9)10/h2-5,7,9,12H,6H2,1H3,(H,13,14). The monoisotopic (exact) mass is 207 g/mol. The molecule has 2 atom stereocenters. The summed E-state index contributed by atoms with van der Waals surface area (Å²) in [5, 5.41) is 11.8. The van der Waals surface area contributed by atoms with Crippen LogP contribution in [-0.4, -0.2) is 23.7 Å².